The molecule has 12 nitrogen and oxygen atoms in total. The molecule has 0 radical (unpaired) electrons. The van der Waals surface area contributed by atoms with Gasteiger partial charge in [-0.1, -0.05) is 6.07 Å². The van der Waals surface area contributed by atoms with E-state index in [1.807, 2.05) is 12.4 Å². The molecule has 226 valence electrons. The van der Waals surface area contributed by atoms with Gasteiger partial charge in [0.25, 0.3) is 5.91 Å². The number of aryl methyl sites for hydroxylation is 1. The Hall–Kier alpha value is -2.48. The quantitative estimate of drug-likeness (QED) is 0.113. The van der Waals surface area contributed by atoms with Crippen LogP contribution in [0.4, 0.5) is 4.79 Å². The summed E-state index contributed by atoms with van der Waals surface area (Å²) in [5, 5.41) is 16.8. The van der Waals surface area contributed by atoms with E-state index in [0.717, 1.165) is 58.3 Å². The van der Waals surface area contributed by atoms with E-state index in [4.69, 9.17) is 19.3 Å². The average Bonchev–Trinajstić information content (AvgIpc) is 3.37. The molecule has 0 bridgehead atoms. The Kier molecular flexibility index (Phi) is 18.0. The number of nitrogens with one attached hydrogen (secondary N) is 3. The van der Waals surface area contributed by atoms with Crippen molar-refractivity contribution in [2.75, 3.05) is 79.4 Å². The van der Waals surface area contributed by atoms with E-state index in [1.54, 1.807) is 0 Å². The number of amides is 2. The minimum Gasteiger partial charge on any atom is -0.465 e. The first kappa shape index (κ1) is 33.7. The Morgan fingerprint density at radius 1 is 0.925 bits per heavy atom. The first-order valence-electron chi connectivity index (χ1n) is 14.3. The van der Waals surface area contributed by atoms with Gasteiger partial charge in [-0.15, -0.1) is 0 Å². The van der Waals surface area contributed by atoms with E-state index in [9.17, 15) is 14.4 Å². The lowest BCUT2D eigenvalue weighted by atomic mass is 10.0. The maximum atomic E-state index is 11.3. The molecular formula is C28H47N5O7. The molecular weight excluding hydrogens is 518 g/mol. The number of hydrogen-bond donors (Lipinski definition) is 4. The molecule has 2 amide bonds. The van der Waals surface area contributed by atoms with Gasteiger partial charge in [0.2, 0.25) is 5.78 Å². The summed E-state index contributed by atoms with van der Waals surface area (Å²) in [4.78, 5) is 39.5. The van der Waals surface area contributed by atoms with Crippen LogP contribution < -0.4 is 16.0 Å². The van der Waals surface area contributed by atoms with Crippen molar-refractivity contribution in [3.8, 4) is 0 Å². The summed E-state index contributed by atoms with van der Waals surface area (Å²) >= 11 is 0. The van der Waals surface area contributed by atoms with E-state index in [2.05, 4.69) is 33.6 Å². The van der Waals surface area contributed by atoms with Crippen molar-refractivity contribution in [1.82, 2.24) is 25.8 Å². The number of ketones is 1. The second-order valence-corrected chi connectivity index (χ2v) is 9.89. The summed E-state index contributed by atoms with van der Waals surface area (Å²) in [6.45, 7) is 6.55. The fourth-order valence-corrected chi connectivity index (χ4v) is 4.46. The second kappa shape index (κ2) is 21.3. The van der Waals surface area contributed by atoms with E-state index in [1.165, 1.54) is 35.8 Å². The summed E-state index contributed by atoms with van der Waals surface area (Å²) in [6, 6.07) is 2.87. The van der Waals surface area contributed by atoms with E-state index in [0.29, 0.717) is 25.9 Å². The molecule has 40 heavy (non-hydrogen) atoms. The van der Waals surface area contributed by atoms with Crippen molar-refractivity contribution in [3.05, 3.63) is 29.6 Å². The van der Waals surface area contributed by atoms with Gasteiger partial charge in [0.15, 0.2) is 0 Å². The SMILES string of the molecule is CN1CCC[C@H]1c1cncc(CCCNCCCCNCCCOCCOCCOCC(=O)C(=O)NC(=O)O)c1. The number of aromatic nitrogens is 1. The van der Waals surface area contributed by atoms with Gasteiger partial charge in [-0.3, -0.25) is 24.8 Å². The maximum absolute atomic E-state index is 11.3. The minimum atomic E-state index is -1.58. The molecule has 1 aliphatic rings. The molecule has 0 spiro atoms. The number of ether oxygens (including phenoxy) is 3. The van der Waals surface area contributed by atoms with Crippen molar-refractivity contribution in [2.24, 2.45) is 0 Å². The van der Waals surface area contributed by atoms with Gasteiger partial charge in [0, 0.05) is 25.0 Å². The monoisotopic (exact) mass is 565 g/mol. The fourth-order valence-electron chi connectivity index (χ4n) is 4.46. The largest absolute Gasteiger partial charge is 0.465 e. The van der Waals surface area contributed by atoms with E-state index in [-0.39, 0.29) is 13.2 Å². The molecule has 1 aromatic rings. The minimum absolute atomic E-state index is 0.121. The van der Waals surface area contributed by atoms with Gasteiger partial charge in [-0.25, -0.2) is 4.79 Å². The standard InChI is InChI=1S/C28H47N5O7/c1-33-13-5-8-25(33)24-19-23(20-31-21-24)7-4-11-29-9-2-3-10-30-12-6-14-38-15-16-39-17-18-40-22-26(34)27(35)32-28(36)37/h19-21,25,29-30H,2-18,22H2,1H3,(H,32,35)(H,36,37)/t25-/m0/s1. The van der Waals surface area contributed by atoms with Crippen molar-refractivity contribution in [1.29, 1.82) is 0 Å². The number of likely N-dealkylation sites (tertiary alicyclic amines) is 1. The molecule has 12 heteroatoms. The van der Waals surface area contributed by atoms with Crippen LogP contribution in [0.25, 0.3) is 0 Å². The summed E-state index contributed by atoms with van der Waals surface area (Å²) in [6.07, 6.45) is 10.4. The first-order chi connectivity index (χ1) is 19.5. The Balaban J connectivity index is 1.28. The first-order valence-corrected chi connectivity index (χ1v) is 14.3. The summed E-state index contributed by atoms with van der Waals surface area (Å²) < 4.78 is 15.8. The van der Waals surface area contributed by atoms with Gasteiger partial charge in [-0.2, -0.15) is 0 Å². The number of carbonyl (C=O) groups excluding carboxylic acids is 2. The Bertz CT molecular complexity index is 873. The summed E-state index contributed by atoms with van der Waals surface area (Å²) in [5.41, 5.74) is 2.70. The molecule has 2 heterocycles. The van der Waals surface area contributed by atoms with Crippen molar-refractivity contribution >= 4 is 17.8 Å². The molecule has 0 unspecified atom stereocenters. The third kappa shape index (κ3) is 15.3. The molecule has 0 aliphatic carbocycles. The predicted molar refractivity (Wildman–Crippen MR) is 150 cm³/mol. The molecule has 0 saturated carbocycles. The van der Waals surface area contributed by atoms with Gasteiger partial charge in [-0.05, 0) is 95.8 Å². The highest BCUT2D eigenvalue weighted by atomic mass is 16.5. The van der Waals surface area contributed by atoms with Crippen LogP contribution in [-0.2, 0) is 30.2 Å². The number of Topliss-reactive ketones (excluding diaryl/α,β-unsaturated/α-hetero) is 1. The third-order valence-corrected chi connectivity index (χ3v) is 6.59. The lowest BCUT2D eigenvalue weighted by Crippen LogP contribution is -2.37. The molecule has 1 aliphatic heterocycles. The zero-order valence-electron chi connectivity index (χ0n) is 23.8. The molecule has 1 atom stereocenters. The van der Waals surface area contributed by atoms with Gasteiger partial charge in [0.05, 0.1) is 26.4 Å². The van der Waals surface area contributed by atoms with Crippen LogP contribution in [0.1, 0.15) is 55.7 Å². The summed E-state index contributed by atoms with van der Waals surface area (Å²) in [5.74, 6) is -2.16. The van der Waals surface area contributed by atoms with Crippen LogP contribution in [0, 0.1) is 0 Å². The predicted octanol–water partition coefficient (Wildman–Crippen LogP) is 1.54. The third-order valence-electron chi connectivity index (χ3n) is 6.59. The lowest BCUT2D eigenvalue weighted by molar-refractivity contribution is -0.140. The van der Waals surface area contributed by atoms with Gasteiger partial charge >= 0.3 is 6.09 Å². The number of pyridine rings is 1. The molecule has 0 aromatic carbocycles. The fraction of sp³-hybridized carbons (Fsp3) is 0.714. The molecule has 1 saturated heterocycles. The Labute approximate surface area is 237 Å². The van der Waals surface area contributed by atoms with Crippen LogP contribution in [0.2, 0.25) is 0 Å². The number of carboxylic acid groups (broad SMARTS) is 1. The second-order valence-electron chi connectivity index (χ2n) is 9.89. The van der Waals surface area contributed by atoms with Crippen molar-refractivity contribution < 1.29 is 33.7 Å². The van der Waals surface area contributed by atoms with Gasteiger partial charge < -0.3 is 30.0 Å². The van der Waals surface area contributed by atoms with Gasteiger partial charge in [0.1, 0.15) is 6.61 Å². The number of rotatable bonds is 23. The number of unbranched alkanes of at least 4 members (excludes halogenated alkanes) is 1. The molecule has 1 fully saturated rings. The smallest absolute Gasteiger partial charge is 0.411 e. The normalized spacial score (nSPS) is 15.4. The van der Waals surface area contributed by atoms with Crippen LogP contribution in [0.3, 0.4) is 0 Å². The maximum Gasteiger partial charge on any atom is 0.411 e. The zero-order chi connectivity index (χ0) is 28.8. The molecule has 1 aromatic heterocycles. The van der Waals surface area contributed by atoms with Crippen molar-refractivity contribution in [2.45, 2.75) is 51.0 Å². The number of imide groups is 1. The van der Waals surface area contributed by atoms with Crippen molar-refractivity contribution in [3.63, 3.8) is 0 Å². The number of nitrogens with zero attached hydrogens (tertiary/aromatic N) is 2. The van der Waals surface area contributed by atoms with Crippen LogP contribution in [-0.4, -0.2) is 112 Å². The van der Waals surface area contributed by atoms with E-state index >= 15 is 0 Å². The van der Waals surface area contributed by atoms with Crippen LogP contribution in [0.5, 0.6) is 0 Å². The van der Waals surface area contributed by atoms with Crippen LogP contribution in [0.15, 0.2) is 18.5 Å². The lowest BCUT2D eigenvalue weighted by Gasteiger charge is -2.19. The summed E-state index contributed by atoms with van der Waals surface area (Å²) in [7, 11) is 2.20. The topological polar surface area (TPSA) is 151 Å². The molecule has 4 N–H and O–H groups in total. The Morgan fingerprint density at radius 2 is 1.57 bits per heavy atom. The van der Waals surface area contributed by atoms with E-state index < -0.39 is 24.4 Å². The highest BCUT2D eigenvalue weighted by Gasteiger charge is 2.22. The highest BCUT2D eigenvalue weighted by Crippen LogP contribution is 2.30. The zero-order valence-corrected chi connectivity index (χ0v) is 23.8. The number of carbonyl (C=O) groups is 3. The van der Waals surface area contributed by atoms with Crippen LogP contribution >= 0.6 is 0 Å². The highest BCUT2D eigenvalue weighted by molar-refractivity contribution is 6.38. The Morgan fingerprint density at radius 3 is 2.25 bits per heavy atom. The molecule has 2 rings (SSSR count). The average molecular weight is 566 g/mol. The number of hydrogen-bond acceptors (Lipinski definition) is 10.